The summed E-state index contributed by atoms with van der Waals surface area (Å²) in [5, 5.41) is 0.579. The molecule has 33 heavy (non-hydrogen) atoms. The Hall–Kier alpha value is -3.49. The van der Waals surface area contributed by atoms with Crippen LogP contribution in [-0.2, 0) is 11.3 Å². The highest BCUT2D eigenvalue weighted by Crippen LogP contribution is 2.20. The summed E-state index contributed by atoms with van der Waals surface area (Å²) < 4.78 is 1.53. The zero-order valence-corrected chi connectivity index (χ0v) is 18.8. The van der Waals surface area contributed by atoms with Gasteiger partial charge in [-0.05, 0) is 37.5 Å². The van der Waals surface area contributed by atoms with E-state index >= 15 is 0 Å². The van der Waals surface area contributed by atoms with Crippen molar-refractivity contribution in [3.63, 3.8) is 0 Å². The van der Waals surface area contributed by atoms with Gasteiger partial charge in [-0.3, -0.25) is 14.2 Å². The average Bonchev–Trinajstić information content (AvgIpc) is 2.89. The molecule has 1 amide bonds. The third kappa shape index (κ3) is 4.67. The third-order valence-electron chi connectivity index (χ3n) is 6.52. The maximum Gasteiger partial charge on any atom is 0.261 e. The number of fused-ring (bicyclic) bond motifs is 1. The lowest BCUT2D eigenvalue weighted by molar-refractivity contribution is -0.131. The van der Waals surface area contributed by atoms with Crippen LogP contribution in [0.15, 0.2) is 47.7 Å². The summed E-state index contributed by atoms with van der Waals surface area (Å²) in [6.45, 7) is 5.13. The highest BCUT2D eigenvalue weighted by molar-refractivity contribution is 5.78. The Labute approximate surface area is 192 Å². The maximum absolute atomic E-state index is 12.8. The molecular weight excluding hydrogens is 418 g/mol. The van der Waals surface area contributed by atoms with Crippen molar-refractivity contribution in [3.8, 4) is 0 Å². The summed E-state index contributed by atoms with van der Waals surface area (Å²) in [5.74, 6) is 1.79. The lowest BCUT2D eigenvalue weighted by atomic mass is 10.1. The quantitative estimate of drug-likeness (QED) is 0.590. The van der Waals surface area contributed by atoms with Gasteiger partial charge in [0.25, 0.3) is 5.56 Å². The number of aryl methyl sites for hydroxylation is 1. The summed E-state index contributed by atoms with van der Waals surface area (Å²) >= 11 is 0. The van der Waals surface area contributed by atoms with Gasteiger partial charge in [0, 0.05) is 58.4 Å². The highest BCUT2D eigenvalue weighted by Gasteiger charge is 2.23. The van der Waals surface area contributed by atoms with Crippen molar-refractivity contribution in [2.75, 3.05) is 49.1 Å². The number of carbonyl (C=O) groups is 1. The molecule has 2 aliphatic heterocycles. The monoisotopic (exact) mass is 447 g/mol. The second-order valence-corrected chi connectivity index (χ2v) is 8.64. The first-order chi connectivity index (χ1) is 16.2. The molecule has 2 fully saturated rings. The van der Waals surface area contributed by atoms with Crippen LogP contribution >= 0.6 is 0 Å². The van der Waals surface area contributed by atoms with Crippen LogP contribution in [-0.4, -0.2) is 69.6 Å². The number of piperazine rings is 1. The molecule has 9 nitrogen and oxygen atoms in total. The standard InChI is InChI=1S/C24H29N7O2/c32-22(9-13-31-18-26-20-7-3-2-6-19(20)23(31)33)29-16-14-28(15-17-29)21-8-10-25-24(27-21)30-11-4-1-5-12-30/h2-3,6-8,10,18H,1,4-5,9,11-17H2. The van der Waals surface area contributed by atoms with Crippen LogP contribution in [0.25, 0.3) is 10.9 Å². The Kier molecular flexibility index (Phi) is 6.19. The van der Waals surface area contributed by atoms with Gasteiger partial charge in [0.1, 0.15) is 5.82 Å². The van der Waals surface area contributed by atoms with Crippen LogP contribution in [0.1, 0.15) is 25.7 Å². The molecule has 2 aliphatic rings. The fourth-order valence-corrected chi connectivity index (χ4v) is 4.59. The Bertz CT molecular complexity index is 1180. The number of para-hydroxylation sites is 1. The summed E-state index contributed by atoms with van der Waals surface area (Å²) in [7, 11) is 0. The Morgan fingerprint density at radius 1 is 0.879 bits per heavy atom. The van der Waals surface area contributed by atoms with Crippen molar-refractivity contribution in [1.82, 2.24) is 24.4 Å². The highest BCUT2D eigenvalue weighted by atomic mass is 16.2. The second-order valence-electron chi connectivity index (χ2n) is 8.64. The lowest BCUT2D eigenvalue weighted by Gasteiger charge is -2.36. The summed E-state index contributed by atoms with van der Waals surface area (Å²) in [4.78, 5) is 45.4. The van der Waals surface area contributed by atoms with E-state index in [1.807, 2.05) is 35.4 Å². The van der Waals surface area contributed by atoms with Crippen molar-refractivity contribution < 1.29 is 4.79 Å². The van der Waals surface area contributed by atoms with E-state index in [0.717, 1.165) is 37.9 Å². The Morgan fingerprint density at radius 2 is 1.67 bits per heavy atom. The molecule has 0 aliphatic carbocycles. The molecule has 172 valence electrons. The van der Waals surface area contributed by atoms with Gasteiger partial charge in [-0.25, -0.2) is 9.97 Å². The van der Waals surface area contributed by atoms with Gasteiger partial charge in [-0.15, -0.1) is 0 Å². The fraction of sp³-hybridized carbons (Fsp3) is 0.458. The molecule has 0 unspecified atom stereocenters. The zero-order valence-electron chi connectivity index (χ0n) is 18.8. The van der Waals surface area contributed by atoms with Crippen LogP contribution in [0.5, 0.6) is 0 Å². The molecule has 2 aromatic heterocycles. The minimum absolute atomic E-state index is 0.0615. The van der Waals surface area contributed by atoms with E-state index in [9.17, 15) is 9.59 Å². The van der Waals surface area contributed by atoms with E-state index in [2.05, 4.69) is 19.8 Å². The maximum atomic E-state index is 12.8. The molecule has 0 radical (unpaired) electrons. The molecule has 0 N–H and O–H groups in total. The second kappa shape index (κ2) is 9.56. The van der Waals surface area contributed by atoms with Crippen molar-refractivity contribution in [3.05, 3.63) is 53.2 Å². The molecule has 1 aromatic carbocycles. The summed E-state index contributed by atoms with van der Waals surface area (Å²) in [5.41, 5.74) is 0.570. The number of hydrogen-bond donors (Lipinski definition) is 0. The number of piperidine rings is 1. The largest absolute Gasteiger partial charge is 0.353 e. The summed E-state index contributed by atoms with van der Waals surface area (Å²) in [6, 6.07) is 9.22. The minimum atomic E-state index is -0.105. The molecular formula is C24H29N7O2. The molecule has 0 spiro atoms. The molecule has 0 bridgehead atoms. The SMILES string of the molecule is O=C(CCn1cnc2ccccc2c1=O)N1CCN(c2ccnc(N3CCCCC3)n2)CC1. The number of rotatable bonds is 5. The molecule has 9 heteroatoms. The molecule has 2 saturated heterocycles. The van der Waals surface area contributed by atoms with Crippen LogP contribution in [0, 0.1) is 0 Å². The van der Waals surface area contributed by atoms with Crippen molar-refractivity contribution in [2.24, 2.45) is 0 Å². The molecule has 5 rings (SSSR count). The number of amides is 1. The first kappa shape index (κ1) is 21.4. The number of benzene rings is 1. The summed E-state index contributed by atoms with van der Waals surface area (Å²) in [6.07, 6.45) is 7.31. The molecule has 0 saturated carbocycles. The normalized spacial score (nSPS) is 16.9. The Morgan fingerprint density at radius 3 is 2.48 bits per heavy atom. The Balaban J connectivity index is 1.16. The zero-order chi connectivity index (χ0) is 22.6. The first-order valence-corrected chi connectivity index (χ1v) is 11.7. The van der Waals surface area contributed by atoms with Gasteiger partial charge in [0.2, 0.25) is 11.9 Å². The minimum Gasteiger partial charge on any atom is -0.353 e. The number of anilines is 2. The van der Waals surface area contributed by atoms with E-state index in [0.29, 0.717) is 30.5 Å². The van der Waals surface area contributed by atoms with Crippen molar-refractivity contribution in [2.45, 2.75) is 32.2 Å². The number of nitrogens with zero attached hydrogens (tertiary/aromatic N) is 7. The fourth-order valence-electron chi connectivity index (χ4n) is 4.59. The lowest BCUT2D eigenvalue weighted by Crippen LogP contribution is -2.49. The van der Waals surface area contributed by atoms with Crippen LogP contribution in [0.4, 0.5) is 11.8 Å². The predicted octanol–water partition coefficient (Wildman–Crippen LogP) is 1.92. The molecule has 0 atom stereocenters. The number of aromatic nitrogens is 4. The average molecular weight is 448 g/mol. The van der Waals surface area contributed by atoms with Gasteiger partial charge in [-0.1, -0.05) is 12.1 Å². The van der Waals surface area contributed by atoms with Crippen LogP contribution in [0.3, 0.4) is 0 Å². The van der Waals surface area contributed by atoms with E-state index in [1.54, 1.807) is 6.07 Å². The van der Waals surface area contributed by atoms with Gasteiger partial charge in [-0.2, -0.15) is 4.98 Å². The van der Waals surface area contributed by atoms with E-state index in [1.165, 1.54) is 30.2 Å². The van der Waals surface area contributed by atoms with Crippen molar-refractivity contribution in [1.29, 1.82) is 0 Å². The van der Waals surface area contributed by atoms with E-state index in [4.69, 9.17) is 4.98 Å². The van der Waals surface area contributed by atoms with Crippen LogP contribution in [0.2, 0.25) is 0 Å². The smallest absolute Gasteiger partial charge is 0.261 e. The molecule has 3 aromatic rings. The number of carbonyl (C=O) groups excluding carboxylic acids is 1. The van der Waals surface area contributed by atoms with Gasteiger partial charge < -0.3 is 14.7 Å². The van der Waals surface area contributed by atoms with E-state index < -0.39 is 0 Å². The predicted molar refractivity (Wildman–Crippen MR) is 128 cm³/mol. The van der Waals surface area contributed by atoms with Gasteiger partial charge in [0.05, 0.1) is 17.2 Å². The molecule has 4 heterocycles. The van der Waals surface area contributed by atoms with Gasteiger partial charge >= 0.3 is 0 Å². The topological polar surface area (TPSA) is 87.5 Å². The number of hydrogen-bond acceptors (Lipinski definition) is 7. The van der Waals surface area contributed by atoms with Crippen molar-refractivity contribution >= 4 is 28.6 Å². The first-order valence-electron chi connectivity index (χ1n) is 11.7. The third-order valence-corrected chi connectivity index (χ3v) is 6.52. The van der Waals surface area contributed by atoms with Crippen LogP contribution < -0.4 is 15.4 Å². The van der Waals surface area contributed by atoms with E-state index in [-0.39, 0.29) is 17.9 Å². The van der Waals surface area contributed by atoms with Gasteiger partial charge in [0.15, 0.2) is 0 Å².